The molecule has 0 spiro atoms. The standard InChI is InChI=1S/C11H14N2O2/c1-3-13(11(12-15)9(2)14)10-7-5-4-6-8-10/h4-8,15H,3H2,1-2H3. The zero-order valence-electron chi connectivity index (χ0n) is 8.84. The minimum atomic E-state index is -0.261. The predicted octanol–water partition coefficient (Wildman–Crippen LogP) is 1.89. The molecule has 1 rings (SSSR count). The van der Waals surface area contributed by atoms with Gasteiger partial charge < -0.3 is 10.1 Å². The number of ketones is 1. The van der Waals surface area contributed by atoms with Gasteiger partial charge in [0.2, 0.25) is 5.84 Å². The van der Waals surface area contributed by atoms with Crippen LogP contribution >= 0.6 is 0 Å². The highest BCUT2D eigenvalue weighted by molar-refractivity contribution is 6.42. The summed E-state index contributed by atoms with van der Waals surface area (Å²) in [7, 11) is 0. The Morgan fingerprint density at radius 3 is 2.40 bits per heavy atom. The molecule has 0 saturated carbocycles. The molecule has 15 heavy (non-hydrogen) atoms. The molecule has 0 radical (unpaired) electrons. The molecule has 1 aromatic rings. The number of hydrogen-bond acceptors (Lipinski definition) is 3. The van der Waals surface area contributed by atoms with Gasteiger partial charge in [0, 0.05) is 19.2 Å². The van der Waals surface area contributed by atoms with Crippen LogP contribution in [0.4, 0.5) is 5.69 Å². The normalized spacial score (nSPS) is 11.2. The molecule has 0 heterocycles. The molecule has 0 saturated heterocycles. The van der Waals surface area contributed by atoms with E-state index < -0.39 is 0 Å². The summed E-state index contributed by atoms with van der Waals surface area (Å²) in [5.74, 6) is -0.202. The van der Waals surface area contributed by atoms with Crippen molar-refractivity contribution in [2.75, 3.05) is 11.4 Å². The molecule has 0 amide bonds. The van der Waals surface area contributed by atoms with E-state index in [1.165, 1.54) is 6.92 Å². The van der Waals surface area contributed by atoms with E-state index in [9.17, 15) is 4.79 Å². The first kappa shape index (κ1) is 11.2. The van der Waals surface area contributed by atoms with E-state index in [1.54, 1.807) is 4.90 Å². The second-order valence-electron chi connectivity index (χ2n) is 3.06. The molecule has 4 nitrogen and oxygen atoms in total. The van der Waals surface area contributed by atoms with E-state index in [-0.39, 0.29) is 11.6 Å². The third-order valence-electron chi connectivity index (χ3n) is 2.05. The van der Waals surface area contributed by atoms with E-state index in [0.717, 1.165) is 5.69 Å². The number of hydrogen-bond donors (Lipinski definition) is 1. The van der Waals surface area contributed by atoms with Crippen molar-refractivity contribution >= 4 is 17.3 Å². The summed E-state index contributed by atoms with van der Waals surface area (Å²) >= 11 is 0. The van der Waals surface area contributed by atoms with Gasteiger partial charge in [-0.05, 0) is 19.1 Å². The van der Waals surface area contributed by atoms with Crippen LogP contribution in [0.15, 0.2) is 35.5 Å². The number of rotatable bonds is 3. The molecule has 0 fully saturated rings. The van der Waals surface area contributed by atoms with Gasteiger partial charge in [-0.25, -0.2) is 0 Å². The maximum absolute atomic E-state index is 11.2. The van der Waals surface area contributed by atoms with E-state index in [0.29, 0.717) is 6.54 Å². The van der Waals surface area contributed by atoms with Crippen LogP contribution in [0.3, 0.4) is 0 Å². The van der Waals surface area contributed by atoms with Crippen molar-refractivity contribution in [3.63, 3.8) is 0 Å². The third-order valence-corrected chi connectivity index (χ3v) is 2.05. The average molecular weight is 206 g/mol. The average Bonchev–Trinajstić information content (AvgIpc) is 2.26. The van der Waals surface area contributed by atoms with Crippen molar-refractivity contribution in [2.24, 2.45) is 5.16 Å². The van der Waals surface area contributed by atoms with Crippen molar-refractivity contribution in [3.05, 3.63) is 30.3 Å². The molecule has 0 atom stereocenters. The molecule has 0 aliphatic heterocycles. The molecular formula is C11H14N2O2. The number of likely N-dealkylation sites (N-methyl/N-ethyl adjacent to an activating group) is 1. The molecular weight excluding hydrogens is 192 g/mol. The molecule has 0 aromatic heterocycles. The Morgan fingerprint density at radius 2 is 2.00 bits per heavy atom. The number of Topliss-reactive ketones (excluding diaryl/α,β-unsaturated/α-hetero) is 1. The Hall–Kier alpha value is -1.84. The largest absolute Gasteiger partial charge is 0.409 e. The fourth-order valence-corrected chi connectivity index (χ4v) is 1.38. The smallest absolute Gasteiger partial charge is 0.215 e. The number of carbonyl (C=O) groups is 1. The van der Waals surface area contributed by atoms with Crippen molar-refractivity contribution in [3.8, 4) is 0 Å². The summed E-state index contributed by atoms with van der Waals surface area (Å²) < 4.78 is 0. The second kappa shape index (κ2) is 5.14. The van der Waals surface area contributed by atoms with Gasteiger partial charge in [0.1, 0.15) is 0 Å². The molecule has 1 N–H and O–H groups in total. The van der Waals surface area contributed by atoms with Gasteiger partial charge in [-0.1, -0.05) is 23.4 Å². The first-order valence-corrected chi connectivity index (χ1v) is 4.76. The topological polar surface area (TPSA) is 52.9 Å². The Bertz CT molecular complexity index is 360. The maximum atomic E-state index is 11.2. The number of anilines is 1. The highest BCUT2D eigenvalue weighted by atomic mass is 16.4. The summed E-state index contributed by atoms with van der Waals surface area (Å²) in [5, 5.41) is 11.8. The molecule has 0 bridgehead atoms. The Labute approximate surface area is 88.8 Å². The molecule has 80 valence electrons. The number of oxime groups is 1. The van der Waals surface area contributed by atoms with Crippen molar-refractivity contribution in [1.29, 1.82) is 0 Å². The molecule has 0 aliphatic rings. The number of amidine groups is 1. The summed E-state index contributed by atoms with van der Waals surface area (Å²) in [6.45, 7) is 3.84. The third kappa shape index (κ3) is 2.56. The van der Waals surface area contributed by atoms with Crippen LogP contribution in [0.1, 0.15) is 13.8 Å². The first-order valence-electron chi connectivity index (χ1n) is 4.76. The lowest BCUT2D eigenvalue weighted by Gasteiger charge is -2.21. The Kier molecular flexibility index (Phi) is 3.85. The fraction of sp³-hybridized carbons (Fsp3) is 0.273. The highest BCUT2D eigenvalue weighted by Crippen LogP contribution is 2.13. The fourth-order valence-electron chi connectivity index (χ4n) is 1.38. The Morgan fingerprint density at radius 1 is 1.40 bits per heavy atom. The zero-order valence-corrected chi connectivity index (χ0v) is 8.84. The van der Waals surface area contributed by atoms with Crippen molar-refractivity contribution in [2.45, 2.75) is 13.8 Å². The number of para-hydroxylation sites is 1. The lowest BCUT2D eigenvalue weighted by atomic mass is 10.2. The minimum absolute atomic E-state index is 0.0590. The quantitative estimate of drug-likeness (QED) is 0.355. The van der Waals surface area contributed by atoms with Crippen LogP contribution in [-0.4, -0.2) is 23.4 Å². The summed E-state index contributed by atoms with van der Waals surface area (Å²) in [5.41, 5.74) is 0.836. The first-order chi connectivity index (χ1) is 7.20. The minimum Gasteiger partial charge on any atom is -0.409 e. The number of benzene rings is 1. The second-order valence-corrected chi connectivity index (χ2v) is 3.06. The van der Waals surface area contributed by atoms with Gasteiger partial charge in [0.25, 0.3) is 0 Å². The van der Waals surface area contributed by atoms with Gasteiger partial charge in [0.05, 0.1) is 0 Å². The van der Waals surface area contributed by atoms with Crippen LogP contribution in [0, 0.1) is 0 Å². The van der Waals surface area contributed by atoms with Gasteiger partial charge in [-0.2, -0.15) is 0 Å². The van der Waals surface area contributed by atoms with Crippen LogP contribution in [0.2, 0.25) is 0 Å². The molecule has 0 aliphatic carbocycles. The lowest BCUT2D eigenvalue weighted by molar-refractivity contribution is -0.111. The number of nitrogens with zero attached hydrogens (tertiary/aromatic N) is 2. The monoisotopic (exact) mass is 206 g/mol. The predicted molar refractivity (Wildman–Crippen MR) is 59.4 cm³/mol. The van der Waals surface area contributed by atoms with Crippen LogP contribution < -0.4 is 4.90 Å². The van der Waals surface area contributed by atoms with E-state index >= 15 is 0 Å². The molecule has 0 unspecified atom stereocenters. The number of carbonyl (C=O) groups excluding carboxylic acids is 1. The SMILES string of the molecule is CCN(C(=NO)C(C)=O)c1ccccc1. The van der Waals surface area contributed by atoms with Gasteiger partial charge in [-0.3, -0.25) is 4.79 Å². The Balaban J connectivity index is 3.04. The van der Waals surface area contributed by atoms with Crippen molar-refractivity contribution < 1.29 is 10.0 Å². The van der Waals surface area contributed by atoms with Gasteiger partial charge in [0.15, 0.2) is 5.78 Å². The zero-order chi connectivity index (χ0) is 11.3. The van der Waals surface area contributed by atoms with Gasteiger partial charge in [-0.15, -0.1) is 0 Å². The van der Waals surface area contributed by atoms with E-state index in [4.69, 9.17) is 5.21 Å². The van der Waals surface area contributed by atoms with E-state index in [2.05, 4.69) is 5.16 Å². The summed E-state index contributed by atoms with van der Waals surface area (Å²) in [6.07, 6.45) is 0. The van der Waals surface area contributed by atoms with Gasteiger partial charge >= 0.3 is 0 Å². The maximum Gasteiger partial charge on any atom is 0.215 e. The summed E-state index contributed by atoms with van der Waals surface area (Å²) in [6, 6.07) is 9.34. The lowest BCUT2D eigenvalue weighted by Crippen LogP contribution is -2.35. The van der Waals surface area contributed by atoms with Crippen molar-refractivity contribution in [1.82, 2.24) is 0 Å². The molecule has 4 heteroatoms. The highest BCUT2D eigenvalue weighted by Gasteiger charge is 2.16. The van der Waals surface area contributed by atoms with E-state index in [1.807, 2.05) is 37.3 Å². The van der Waals surface area contributed by atoms with Crippen LogP contribution in [0.5, 0.6) is 0 Å². The van der Waals surface area contributed by atoms with Crippen LogP contribution in [-0.2, 0) is 4.79 Å². The molecule has 1 aromatic carbocycles. The van der Waals surface area contributed by atoms with Crippen LogP contribution in [0.25, 0.3) is 0 Å². The summed E-state index contributed by atoms with van der Waals surface area (Å²) in [4.78, 5) is 12.9.